The van der Waals surface area contributed by atoms with Crippen LogP contribution in [-0.2, 0) is 23.5 Å². The molecule has 23 heavy (non-hydrogen) atoms. The lowest BCUT2D eigenvalue weighted by Gasteiger charge is -2.07. The lowest BCUT2D eigenvalue weighted by Crippen LogP contribution is -2.26. The lowest BCUT2D eigenvalue weighted by atomic mass is 10.1. The van der Waals surface area contributed by atoms with E-state index in [4.69, 9.17) is 21.1 Å². The number of fused-ring (bicyclic) bond motifs is 1. The van der Waals surface area contributed by atoms with Crippen molar-refractivity contribution in [2.45, 2.75) is 18.2 Å². The maximum Gasteiger partial charge on any atom is 0.245 e. The maximum atomic E-state index is 12.4. The topological polar surface area (TPSA) is 82.5 Å². The monoisotopic (exact) mass is 357 g/mol. The quantitative estimate of drug-likeness (QED) is 0.879. The van der Waals surface area contributed by atoms with Gasteiger partial charge in [0.1, 0.15) is 10.0 Å². The van der Waals surface area contributed by atoms with Crippen LogP contribution in [0.15, 0.2) is 23.1 Å². The van der Waals surface area contributed by atoms with E-state index in [1.807, 2.05) is 18.2 Å². The van der Waals surface area contributed by atoms with Crippen molar-refractivity contribution >= 4 is 21.6 Å². The molecule has 0 unspecified atom stereocenters. The second-order valence-electron chi connectivity index (χ2n) is 5.16. The van der Waals surface area contributed by atoms with Gasteiger partial charge >= 0.3 is 0 Å². The van der Waals surface area contributed by atoms with Crippen LogP contribution in [0, 0.1) is 6.92 Å². The van der Waals surface area contributed by atoms with Gasteiger partial charge in [0.15, 0.2) is 11.5 Å². The van der Waals surface area contributed by atoms with E-state index in [1.54, 1.807) is 14.0 Å². The summed E-state index contributed by atoms with van der Waals surface area (Å²) in [6.45, 7) is 2.06. The molecule has 1 N–H and O–H groups in total. The van der Waals surface area contributed by atoms with Crippen molar-refractivity contribution in [2.24, 2.45) is 7.05 Å². The molecule has 0 radical (unpaired) electrons. The zero-order chi connectivity index (χ0) is 16.6. The summed E-state index contributed by atoms with van der Waals surface area (Å²) in [5, 5.41) is 4.11. The summed E-state index contributed by atoms with van der Waals surface area (Å²) in [6, 6.07) is 5.54. The Hall–Kier alpha value is -1.77. The van der Waals surface area contributed by atoms with Crippen LogP contribution in [-0.4, -0.2) is 31.5 Å². The molecule has 1 aromatic heterocycles. The Labute approximate surface area is 139 Å². The van der Waals surface area contributed by atoms with Crippen molar-refractivity contribution in [3.63, 3.8) is 0 Å². The highest BCUT2D eigenvalue weighted by atomic mass is 35.5. The van der Waals surface area contributed by atoms with Crippen LogP contribution in [0.2, 0.25) is 5.15 Å². The molecule has 0 amide bonds. The van der Waals surface area contributed by atoms with Gasteiger partial charge in [0, 0.05) is 13.6 Å². The number of aryl methyl sites for hydroxylation is 2. The van der Waals surface area contributed by atoms with Gasteiger partial charge in [-0.05, 0) is 31.0 Å². The summed E-state index contributed by atoms with van der Waals surface area (Å²) in [5.41, 5.74) is 1.32. The molecule has 2 heterocycles. The molecule has 0 bridgehead atoms. The van der Waals surface area contributed by atoms with E-state index in [1.165, 1.54) is 4.68 Å². The molecular formula is C14H16ClN3O4S. The largest absolute Gasteiger partial charge is 0.454 e. The summed E-state index contributed by atoms with van der Waals surface area (Å²) < 4.78 is 39.2. The van der Waals surface area contributed by atoms with Gasteiger partial charge in [-0.1, -0.05) is 17.7 Å². The number of sulfonamides is 1. The Bertz CT molecular complexity index is 848. The van der Waals surface area contributed by atoms with Gasteiger partial charge in [0.05, 0.1) is 5.69 Å². The van der Waals surface area contributed by atoms with E-state index < -0.39 is 10.0 Å². The first kappa shape index (κ1) is 16.1. The number of nitrogens with one attached hydrogen (secondary N) is 1. The van der Waals surface area contributed by atoms with Crippen molar-refractivity contribution < 1.29 is 17.9 Å². The lowest BCUT2D eigenvalue weighted by molar-refractivity contribution is 0.174. The molecule has 0 fully saturated rings. The predicted molar refractivity (Wildman–Crippen MR) is 84.4 cm³/mol. The number of rotatable bonds is 5. The molecule has 0 saturated carbocycles. The zero-order valence-corrected chi connectivity index (χ0v) is 14.2. The van der Waals surface area contributed by atoms with Crippen LogP contribution in [0.25, 0.3) is 0 Å². The average molecular weight is 358 g/mol. The standard InChI is InChI=1S/C14H16ClN3O4S/c1-9-13(14(15)18(2)17-9)23(19,20)16-6-5-10-3-4-11-12(7-10)22-8-21-11/h3-4,7,16H,5-6,8H2,1-2H3. The smallest absolute Gasteiger partial charge is 0.245 e. The summed E-state index contributed by atoms with van der Waals surface area (Å²) in [4.78, 5) is 0.0207. The van der Waals surface area contributed by atoms with Crippen LogP contribution in [0.3, 0.4) is 0 Å². The van der Waals surface area contributed by atoms with E-state index in [-0.39, 0.29) is 23.4 Å². The first-order valence-corrected chi connectivity index (χ1v) is 8.82. The molecule has 0 aliphatic carbocycles. The Balaban J connectivity index is 1.68. The summed E-state index contributed by atoms with van der Waals surface area (Å²) >= 11 is 6.01. The third kappa shape index (κ3) is 3.15. The highest BCUT2D eigenvalue weighted by Crippen LogP contribution is 2.32. The maximum absolute atomic E-state index is 12.4. The van der Waals surface area contributed by atoms with Gasteiger partial charge in [-0.2, -0.15) is 5.10 Å². The third-order valence-electron chi connectivity index (χ3n) is 3.51. The number of benzene rings is 1. The molecule has 0 atom stereocenters. The van der Waals surface area contributed by atoms with Crippen molar-refractivity contribution in [2.75, 3.05) is 13.3 Å². The second-order valence-corrected chi connectivity index (χ2v) is 7.23. The number of halogens is 1. The average Bonchev–Trinajstić information content (AvgIpc) is 3.03. The van der Waals surface area contributed by atoms with Crippen LogP contribution < -0.4 is 14.2 Å². The number of hydrogen-bond donors (Lipinski definition) is 1. The molecule has 124 valence electrons. The SMILES string of the molecule is Cc1nn(C)c(Cl)c1S(=O)(=O)NCCc1ccc2c(c1)OCO2. The van der Waals surface area contributed by atoms with E-state index in [0.717, 1.165) is 5.56 Å². The Morgan fingerprint density at radius 2 is 2.09 bits per heavy atom. The fraction of sp³-hybridized carbons (Fsp3) is 0.357. The van der Waals surface area contributed by atoms with Gasteiger partial charge in [-0.3, -0.25) is 4.68 Å². The van der Waals surface area contributed by atoms with Crippen LogP contribution in [0.5, 0.6) is 11.5 Å². The first-order chi connectivity index (χ1) is 10.9. The molecule has 1 aliphatic heterocycles. The van der Waals surface area contributed by atoms with Crippen molar-refractivity contribution in [3.05, 3.63) is 34.6 Å². The normalized spacial score (nSPS) is 13.5. The third-order valence-corrected chi connectivity index (χ3v) is 5.67. The van der Waals surface area contributed by atoms with E-state index in [9.17, 15) is 8.42 Å². The highest BCUT2D eigenvalue weighted by Gasteiger charge is 2.24. The molecule has 3 rings (SSSR count). The molecular weight excluding hydrogens is 342 g/mol. The zero-order valence-electron chi connectivity index (χ0n) is 12.7. The van der Waals surface area contributed by atoms with Crippen molar-refractivity contribution in [3.8, 4) is 11.5 Å². The van der Waals surface area contributed by atoms with Crippen LogP contribution >= 0.6 is 11.6 Å². The molecule has 2 aromatic rings. The van der Waals surface area contributed by atoms with Gasteiger partial charge in [0.25, 0.3) is 0 Å². The minimum atomic E-state index is -3.70. The van der Waals surface area contributed by atoms with Gasteiger partial charge in [-0.15, -0.1) is 0 Å². The molecule has 0 spiro atoms. The molecule has 0 saturated heterocycles. The van der Waals surface area contributed by atoms with Gasteiger partial charge < -0.3 is 9.47 Å². The summed E-state index contributed by atoms with van der Waals surface area (Å²) in [6.07, 6.45) is 0.521. The Morgan fingerprint density at radius 3 is 2.78 bits per heavy atom. The fourth-order valence-electron chi connectivity index (χ4n) is 2.41. The van der Waals surface area contributed by atoms with Gasteiger partial charge in [0.2, 0.25) is 16.8 Å². The summed E-state index contributed by atoms with van der Waals surface area (Å²) in [5.74, 6) is 1.38. The fourth-order valence-corrected chi connectivity index (χ4v) is 4.19. The molecule has 1 aliphatic rings. The Kier molecular flexibility index (Phi) is 4.22. The number of hydrogen-bond acceptors (Lipinski definition) is 5. The van der Waals surface area contributed by atoms with Crippen LogP contribution in [0.1, 0.15) is 11.3 Å². The van der Waals surface area contributed by atoms with E-state index in [2.05, 4.69) is 9.82 Å². The Morgan fingerprint density at radius 1 is 1.35 bits per heavy atom. The second kappa shape index (κ2) is 6.03. The van der Waals surface area contributed by atoms with Crippen LogP contribution in [0.4, 0.5) is 0 Å². The predicted octanol–water partition coefficient (Wildman–Crippen LogP) is 1.63. The minimum absolute atomic E-state index is 0.0207. The minimum Gasteiger partial charge on any atom is -0.454 e. The summed E-state index contributed by atoms with van der Waals surface area (Å²) in [7, 11) is -2.11. The van der Waals surface area contributed by atoms with E-state index in [0.29, 0.717) is 23.6 Å². The number of nitrogens with zero attached hydrogens (tertiary/aromatic N) is 2. The molecule has 9 heteroatoms. The van der Waals surface area contributed by atoms with Crippen molar-refractivity contribution in [1.82, 2.24) is 14.5 Å². The van der Waals surface area contributed by atoms with E-state index >= 15 is 0 Å². The first-order valence-electron chi connectivity index (χ1n) is 6.96. The molecule has 1 aromatic carbocycles. The number of aromatic nitrogens is 2. The van der Waals surface area contributed by atoms with Crippen molar-refractivity contribution in [1.29, 1.82) is 0 Å². The highest BCUT2D eigenvalue weighted by molar-refractivity contribution is 7.89. The number of ether oxygens (including phenoxy) is 2. The van der Waals surface area contributed by atoms with Gasteiger partial charge in [-0.25, -0.2) is 13.1 Å². The molecule has 7 nitrogen and oxygen atoms in total.